The van der Waals surface area contributed by atoms with E-state index in [0.29, 0.717) is 24.5 Å². The second-order valence-electron chi connectivity index (χ2n) is 8.13. The molecule has 2 saturated heterocycles. The van der Waals surface area contributed by atoms with Gasteiger partial charge in [-0.1, -0.05) is 12.2 Å². The van der Waals surface area contributed by atoms with E-state index in [4.69, 9.17) is 4.74 Å². The van der Waals surface area contributed by atoms with E-state index in [9.17, 15) is 14.4 Å². The molecule has 3 aliphatic heterocycles. The first-order valence-electron chi connectivity index (χ1n) is 10.2. The molecule has 0 saturated carbocycles. The lowest BCUT2D eigenvalue weighted by Gasteiger charge is -2.23. The van der Waals surface area contributed by atoms with Crippen LogP contribution in [-0.4, -0.2) is 41.0 Å². The van der Waals surface area contributed by atoms with Crippen LogP contribution in [0.3, 0.4) is 0 Å². The predicted octanol–water partition coefficient (Wildman–Crippen LogP) is 1.64. The summed E-state index contributed by atoms with van der Waals surface area (Å²) >= 11 is 0. The molecule has 2 N–H and O–H groups in total. The zero-order chi connectivity index (χ0) is 21.6. The SMILES string of the molecule is CC(=O)Nc1ccc(N2C[C@@]34C=C[C@@H](O3)C(C(=O)NCc3ccncc3)C4C2=O)cc1. The maximum absolute atomic E-state index is 13.4. The Balaban J connectivity index is 1.34. The Hall–Kier alpha value is -3.52. The number of carbonyl (C=O) groups is 3. The maximum Gasteiger partial charge on any atom is 0.234 e. The van der Waals surface area contributed by atoms with Gasteiger partial charge in [0.15, 0.2) is 0 Å². The van der Waals surface area contributed by atoms with Crippen LogP contribution in [0.5, 0.6) is 0 Å². The summed E-state index contributed by atoms with van der Waals surface area (Å²) in [5.41, 5.74) is 1.53. The van der Waals surface area contributed by atoms with Crippen LogP contribution in [0.4, 0.5) is 11.4 Å². The predicted molar refractivity (Wildman–Crippen MR) is 113 cm³/mol. The Labute approximate surface area is 179 Å². The Morgan fingerprint density at radius 3 is 2.65 bits per heavy atom. The van der Waals surface area contributed by atoms with Crippen LogP contribution in [0.25, 0.3) is 0 Å². The smallest absolute Gasteiger partial charge is 0.234 e. The van der Waals surface area contributed by atoms with Gasteiger partial charge in [0, 0.05) is 37.2 Å². The number of benzene rings is 1. The van der Waals surface area contributed by atoms with Crippen molar-refractivity contribution in [3.8, 4) is 0 Å². The van der Waals surface area contributed by atoms with Crippen LogP contribution in [-0.2, 0) is 25.7 Å². The third kappa shape index (κ3) is 3.29. The van der Waals surface area contributed by atoms with Gasteiger partial charge in [0.1, 0.15) is 5.60 Å². The van der Waals surface area contributed by atoms with E-state index in [2.05, 4.69) is 15.6 Å². The molecule has 0 radical (unpaired) electrons. The van der Waals surface area contributed by atoms with Gasteiger partial charge in [-0.05, 0) is 42.0 Å². The van der Waals surface area contributed by atoms with Crippen molar-refractivity contribution in [2.24, 2.45) is 11.8 Å². The number of nitrogens with zero attached hydrogens (tertiary/aromatic N) is 2. The molecule has 1 aromatic heterocycles. The molecule has 1 spiro atoms. The minimum Gasteiger partial charge on any atom is -0.360 e. The molecule has 158 valence electrons. The highest BCUT2D eigenvalue weighted by atomic mass is 16.5. The second-order valence-corrected chi connectivity index (χ2v) is 8.13. The summed E-state index contributed by atoms with van der Waals surface area (Å²) in [5.74, 6) is -1.59. The van der Waals surface area contributed by atoms with Gasteiger partial charge >= 0.3 is 0 Å². The van der Waals surface area contributed by atoms with Crippen molar-refractivity contribution in [1.82, 2.24) is 10.3 Å². The molecule has 8 nitrogen and oxygen atoms in total. The van der Waals surface area contributed by atoms with Crippen molar-refractivity contribution in [2.75, 3.05) is 16.8 Å². The fourth-order valence-corrected chi connectivity index (χ4v) is 4.75. The molecule has 2 unspecified atom stereocenters. The molecule has 2 fully saturated rings. The van der Waals surface area contributed by atoms with Gasteiger partial charge in [0.25, 0.3) is 0 Å². The van der Waals surface area contributed by atoms with Crippen molar-refractivity contribution in [3.05, 3.63) is 66.5 Å². The van der Waals surface area contributed by atoms with Crippen LogP contribution in [0, 0.1) is 11.8 Å². The standard InChI is InChI=1S/C23H22N4O4/c1-14(28)26-16-2-4-17(5-3-16)27-13-23-9-6-18(31-23)19(20(23)22(27)30)21(29)25-12-15-7-10-24-11-8-15/h2-11,18-20H,12-13H2,1H3,(H,25,29)(H,26,28)/t18-,19?,20?,23-/m1/s1. The molecular formula is C23H22N4O4. The number of fused-ring (bicyclic) bond motifs is 1. The maximum atomic E-state index is 13.4. The van der Waals surface area contributed by atoms with Gasteiger partial charge in [0.2, 0.25) is 17.7 Å². The van der Waals surface area contributed by atoms with Crippen molar-refractivity contribution in [3.63, 3.8) is 0 Å². The lowest BCUT2D eigenvalue weighted by molar-refractivity contribution is -0.132. The lowest BCUT2D eigenvalue weighted by Crippen LogP contribution is -2.43. The van der Waals surface area contributed by atoms with Gasteiger partial charge < -0.3 is 20.3 Å². The number of nitrogens with one attached hydrogen (secondary N) is 2. The van der Waals surface area contributed by atoms with Crippen LogP contribution in [0.2, 0.25) is 0 Å². The number of aromatic nitrogens is 1. The molecule has 3 amide bonds. The van der Waals surface area contributed by atoms with E-state index < -0.39 is 23.5 Å². The zero-order valence-corrected chi connectivity index (χ0v) is 16.9. The fourth-order valence-electron chi connectivity index (χ4n) is 4.75. The topological polar surface area (TPSA) is 101 Å². The third-order valence-electron chi connectivity index (χ3n) is 6.12. The van der Waals surface area contributed by atoms with Crippen molar-refractivity contribution >= 4 is 29.1 Å². The molecular weight excluding hydrogens is 396 g/mol. The first-order valence-corrected chi connectivity index (χ1v) is 10.2. The number of rotatable bonds is 5. The summed E-state index contributed by atoms with van der Waals surface area (Å²) in [4.78, 5) is 43.3. The van der Waals surface area contributed by atoms with Crippen LogP contribution in [0.15, 0.2) is 60.9 Å². The lowest BCUT2D eigenvalue weighted by atomic mass is 9.77. The normalized spacial score (nSPS) is 28.0. The van der Waals surface area contributed by atoms with Gasteiger partial charge in [-0.15, -0.1) is 0 Å². The Morgan fingerprint density at radius 1 is 1.19 bits per heavy atom. The van der Waals surface area contributed by atoms with E-state index in [0.717, 1.165) is 5.56 Å². The molecule has 4 heterocycles. The average molecular weight is 418 g/mol. The number of carbonyl (C=O) groups excluding carboxylic acids is 3. The van der Waals surface area contributed by atoms with E-state index in [-0.39, 0.29) is 17.7 Å². The molecule has 31 heavy (non-hydrogen) atoms. The number of pyridine rings is 1. The quantitative estimate of drug-likeness (QED) is 0.719. The van der Waals surface area contributed by atoms with E-state index in [1.807, 2.05) is 24.3 Å². The Bertz CT molecular complexity index is 1070. The zero-order valence-electron chi connectivity index (χ0n) is 16.9. The minimum absolute atomic E-state index is 0.122. The molecule has 2 bridgehead atoms. The monoisotopic (exact) mass is 418 g/mol. The van der Waals surface area contributed by atoms with Crippen LogP contribution >= 0.6 is 0 Å². The largest absolute Gasteiger partial charge is 0.360 e. The van der Waals surface area contributed by atoms with Gasteiger partial charge in [-0.3, -0.25) is 19.4 Å². The summed E-state index contributed by atoms with van der Waals surface area (Å²) in [6.07, 6.45) is 6.78. The molecule has 5 rings (SSSR count). The number of amides is 3. The fraction of sp³-hybridized carbons (Fsp3) is 0.304. The van der Waals surface area contributed by atoms with Crippen molar-refractivity contribution in [2.45, 2.75) is 25.2 Å². The van der Waals surface area contributed by atoms with Gasteiger partial charge in [0.05, 0.1) is 24.5 Å². The van der Waals surface area contributed by atoms with E-state index in [1.165, 1.54) is 6.92 Å². The summed E-state index contributed by atoms with van der Waals surface area (Å²) in [6.45, 7) is 2.17. The molecule has 2 aromatic rings. The summed E-state index contributed by atoms with van der Waals surface area (Å²) in [6, 6.07) is 10.8. The summed E-state index contributed by atoms with van der Waals surface area (Å²) in [5, 5.41) is 5.66. The number of ether oxygens (including phenoxy) is 1. The van der Waals surface area contributed by atoms with Crippen molar-refractivity contribution in [1.29, 1.82) is 0 Å². The first-order chi connectivity index (χ1) is 15.0. The number of anilines is 2. The average Bonchev–Trinajstić information content (AvgIpc) is 3.41. The minimum atomic E-state index is -0.781. The number of hydrogen-bond donors (Lipinski definition) is 2. The highest BCUT2D eigenvalue weighted by Crippen LogP contribution is 2.52. The Kier molecular flexibility index (Phi) is 4.59. The van der Waals surface area contributed by atoms with E-state index >= 15 is 0 Å². The summed E-state index contributed by atoms with van der Waals surface area (Å²) < 4.78 is 6.17. The molecule has 1 aromatic carbocycles. The van der Waals surface area contributed by atoms with Crippen LogP contribution < -0.4 is 15.5 Å². The number of hydrogen-bond acceptors (Lipinski definition) is 5. The molecule has 0 aliphatic carbocycles. The van der Waals surface area contributed by atoms with Crippen LogP contribution in [0.1, 0.15) is 12.5 Å². The van der Waals surface area contributed by atoms with Crippen molar-refractivity contribution < 1.29 is 19.1 Å². The highest BCUT2D eigenvalue weighted by molar-refractivity contribution is 6.03. The third-order valence-corrected chi connectivity index (χ3v) is 6.12. The van der Waals surface area contributed by atoms with E-state index in [1.54, 1.807) is 41.6 Å². The van der Waals surface area contributed by atoms with Gasteiger partial charge in [-0.25, -0.2) is 0 Å². The molecule has 3 aliphatic rings. The summed E-state index contributed by atoms with van der Waals surface area (Å²) in [7, 11) is 0. The molecule has 8 heteroatoms. The Morgan fingerprint density at radius 2 is 1.94 bits per heavy atom. The highest BCUT2D eigenvalue weighted by Gasteiger charge is 2.67. The van der Waals surface area contributed by atoms with Gasteiger partial charge in [-0.2, -0.15) is 0 Å². The molecule has 4 atom stereocenters. The first kappa shape index (κ1) is 19.4. The second kappa shape index (κ2) is 7.31.